The van der Waals surface area contributed by atoms with Crippen molar-refractivity contribution in [3.05, 3.63) is 29.1 Å². The Hall–Kier alpha value is -1.93. The number of nitrogens with zero attached hydrogens (tertiary/aromatic N) is 3. The summed E-state index contributed by atoms with van der Waals surface area (Å²) in [7, 11) is 0. The molecule has 1 N–H and O–H groups in total. The van der Waals surface area contributed by atoms with Crippen LogP contribution in [0.4, 0.5) is 0 Å². The number of Topliss-reactive ketones (excluding diaryl/α,β-unsaturated/α-hetero) is 1. The Balaban J connectivity index is 2.19. The number of carbonyl (C=O) groups excluding carboxylic acids is 1. The predicted molar refractivity (Wildman–Crippen MR) is 81.0 cm³/mol. The van der Waals surface area contributed by atoms with Crippen molar-refractivity contribution < 1.29 is 9.90 Å². The van der Waals surface area contributed by atoms with E-state index in [-0.39, 0.29) is 23.9 Å². The van der Waals surface area contributed by atoms with Crippen molar-refractivity contribution in [3.8, 4) is 6.07 Å². The number of aromatic nitrogens is 2. The summed E-state index contributed by atoms with van der Waals surface area (Å²) in [6.45, 7) is 6.48. The molecule has 2 aliphatic carbocycles. The van der Waals surface area contributed by atoms with E-state index in [9.17, 15) is 10.1 Å². The highest BCUT2D eigenvalue weighted by molar-refractivity contribution is 6.04. The summed E-state index contributed by atoms with van der Waals surface area (Å²) in [6.07, 6.45) is 5.59. The number of fused-ring (bicyclic) bond motifs is 3. The van der Waals surface area contributed by atoms with Crippen molar-refractivity contribution in [2.75, 3.05) is 6.61 Å². The number of hydrogen-bond acceptors (Lipinski definition) is 4. The SMILES string of the molecule is CC1(C)C(=O)C(C#N)=CC2(C)c3nn(CCO)cc3CCC12. The second kappa shape index (κ2) is 4.79. The molecule has 5 heteroatoms. The monoisotopic (exact) mass is 299 g/mol. The molecule has 0 saturated carbocycles. The van der Waals surface area contributed by atoms with Crippen LogP contribution in [-0.2, 0) is 23.2 Å². The van der Waals surface area contributed by atoms with E-state index < -0.39 is 10.8 Å². The van der Waals surface area contributed by atoms with Gasteiger partial charge in [0.2, 0.25) is 0 Å². The zero-order valence-corrected chi connectivity index (χ0v) is 13.3. The molecule has 1 aromatic heterocycles. The molecule has 0 amide bonds. The average Bonchev–Trinajstić information content (AvgIpc) is 2.87. The third-order valence-corrected chi connectivity index (χ3v) is 5.37. The zero-order chi connectivity index (χ0) is 16.1. The van der Waals surface area contributed by atoms with Gasteiger partial charge in [-0.2, -0.15) is 10.4 Å². The topological polar surface area (TPSA) is 78.9 Å². The summed E-state index contributed by atoms with van der Waals surface area (Å²) >= 11 is 0. The molecular formula is C17H21N3O2. The van der Waals surface area contributed by atoms with E-state index in [1.165, 1.54) is 0 Å². The lowest BCUT2D eigenvalue weighted by molar-refractivity contribution is -0.128. The lowest BCUT2D eigenvalue weighted by Gasteiger charge is -2.49. The number of ketones is 1. The largest absolute Gasteiger partial charge is 0.394 e. The molecule has 116 valence electrons. The molecule has 22 heavy (non-hydrogen) atoms. The molecule has 0 spiro atoms. The fourth-order valence-corrected chi connectivity index (χ4v) is 4.31. The van der Waals surface area contributed by atoms with E-state index >= 15 is 0 Å². The van der Waals surface area contributed by atoms with Crippen LogP contribution in [0.15, 0.2) is 17.8 Å². The maximum Gasteiger partial charge on any atom is 0.178 e. The molecule has 2 unspecified atom stereocenters. The van der Waals surface area contributed by atoms with Crippen molar-refractivity contribution in [2.24, 2.45) is 11.3 Å². The maximum absolute atomic E-state index is 12.5. The Morgan fingerprint density at radius 2 is 2.23 bits per heavy atom. The van der Waals surface area contributed by atoms with E-state index in [0.717, 1.165) is 24.1 Å². The molecule has 1 heterocycles. The number of rotatable bonds is 2. The lowest BCUT2D eigenvalue weighted by atomic mass is 9.52. The molecule has 0 saturated heterocycles. The molecule has 0 radical (unpaired) electrons. The average molecular weight is 299 g/mol. The molecule has 5 nitrogen and oxygen atoms in total. The van der Waals surface area contributed by atoms with Crippen LogP contribution in [0.3, 0.4) is 0 Å². The molecule has 0 aromatic carbocycles. The summed E-state index contributed by atoms with van der Waals surface area (Å²) < 4.78 is 1.77. The van der Waals surface area contributed by atoms with Gasteiger partial charge in [0.1, 0.15) is 6.07 Å². The summed E-state index contributed by atoms with van der Waals surface area (Å²) in [5.41, 5.74) is 1.38. The quantitative estimate of drug-likeness (QED) is 0.902. The van der Waals surface area contributed by atoms with Crippen LogP contribution in [-0.4, -0.2) is 27.3 Å². The lowest BCUT2D eigenvalue weighted by Crippen LogP contribution is -2.51. The number of nitriles is 1. The van der Waals surface area contributed by atoms with E-state index in [1.807, 2.05) is 26.1 Å². The Bertz CT molecular complexity index is 708. The predicted octanol–water partition coefficient (Wildman–Crippen LogP) is 1.75. The molecule has 3 rings (SSSR count). The normalized spacial score (nSPS) is 29.3. The Morgan fingerprint density at radius 1 is 1.50 bits per heavy atom. The second-order valence-electron chi connectivity index (χ2n) is 7.08. The Labute approximate surface area is 130 Å². The van der Waals surface area contributed by atoms with Crippen LogP contribution in [0.5, 0.6) is 0 Å². The summed E-state index contributed by atoms with van der Waals surface area (Å²) in [5, 5.41) is 23.1. The third kappa shape index (κ3) is 1.87. The van der Waals surface area contributed by atoms with Crippen LogP contribution >= 0.6 is 0 Å². The Morgan fingerprint density at radius 3 is 2.86 bits per heavy atom. The van der Waals surface area contributed by atoms with Crippen molar-refractivity contribution in [1.29, 1.82) is 5.26 Å². The van der Waals surface area contributed by atoms with Gasteiger partial charge in [-0.1, -0.05) is 26.8 Å². The van der Waals surface area contributed by atoms with Crippen LogP contribution < -0.4 is 0 Å². The number of hydrogen-bond donors (Lipinski definition) is 1. The van der Waals surface area contributed by atoms with Gasteiger partial charge in [0.15, 0.2) is 5.78 Å². The minimum absolute atomic E-state index is 0.0456. The first-order chi connectivity index (χ1) is 10.3. The number of aryl methyl sites for hydroxylation is 1. The van der Waals surface area contributed by atoms with Gasteiger partial charge in [-0.05, 0) is 24.3 Å². The number of aliphatic hydroxyl groups excluding tert-OH is 1. The standard InChI is InChI=1S/C17H21N3O2/c1-16(2)13-5-4-11-10-20(6-7-21)19-14(11)17(13,3)8-12(9-18)15(16)22/h8,10,13,21H,4-7H2,1-3H3. The second-order valence-corrected chi connectivity index (χ2v) is 7.08. The van der Waals surface area contributed by atoms with E-state index in [2.05, 4.69) is 18.1 Å². The van der Waals surface area contributed by atoms with E-state index in [0.29, 0.717) is 6.54 Å². The first kappa shape index (κ1) is 15.0. The van der Waals surface area contributed by atoms with E-state index in [1.54, 1.807) is 4.68 Å². The number of aliphatic hydroxyl groups is 1. The van der Waals surface area contributed by atoms with Crippen LogP contribution in [0.1, 0.15) is 38.4 Å². The van der Waals surface area contributed by atoms with Crippen molar-refractivity contribution in [3.63, 3.8) is 0 Å². The molecule has 2 aliphatic rings. The van der Waals surface area contributed by atoms with Crippen molar-refractivity contribution in [1.82, 2.24) is 9.78 Å². The highest BCUT2D eigenvalue weighted by Gasteiger charge is 2.54. The summed E-state index contributed by atoms with van der Waals surface area (Å²) in [6, 6.07) is 2.07. The molecule has 0 fully saturated rings. The van der Waals surface area contributed by atoms with Crippen LogP contribution in [0, 0.1) is 22.7 Å². The molecule has 2 atom stereocenters. The fourth-order valence-electron chi connectivity index (χ4n) is 4.31. The van der Waals surface area contributed by atoms with Gasteiger partial charge >= 0.3 is 0 Å². The zero-order valence-electron chi connectivity index (χ0n) is 13.3. The van der Waals surface area contributed by atoms with Crippen LogP contribution in [0.25, 0.3) is 0 Å². The third-order valence-electron chi connectivity index (χ3n) is 5.37. The first-order valence-corrected chi connectivity index (χ1v) is 7.70. The molecule has 1 aromatic rings. The number of allylic oxidation sites excluding steroid dienone is 2. The smallest absolute Gasteiger partial charge is 0.178 e. The van der Waals surface area contributed by atoms with Gasteiger partial charge in [0.25, 0.3) is 0 Å². The minimum Gasteiger partial charge on any atom is -0.394 e. The van der Waals surface area contributed by atoms with Crippen molar-refractivity contribution in [2.45, 2.75) is 45.6 Å². The summed E-state index contributed by atoms with van der Waals surface area (Å²) in [4.78, 5) is 12.5. The van der Waals surface area contributed by atoms with Gasteiger partial charge in [-0.25, -0.2) is 0 Å². The highest BCUT2D eigenvalue weighted by Crippen LogP contribution is 2.54. The Kier molecular flexibility index (Phi) is 3.26. The highest BCUT2D eigenvalue weighted by atomic mass is 16.3. The van der Waals surface area contributed by atoms with Crippen LogP contribution in [0.2, 0.25) is 0 Å². The van der Waals surface area contributed by atoms with Gasteiger partial charge < -0.3 is 5.11 Å². The van der Waals surface area contributed by atoms with E-state index in [4.69, 9.17) is 5.11 Å². The molecular weight excluding hydrogens is 278 g/mol. The molecule has 0 aliphatic heterocycles. The van der Waals surface area contributed by atoms with Gasteiger partial charge in [0.05, 0.1) is 24.4 Å². The van der Waals surface area contributed by atoms with Gasteiger partial charge in [-0.3, -0.25) is 9.48 Å². The van der Waals surface area contributed by atoms with Gasteiger partial charge in [-0.15, -0.1) is 0 Å². The molecule has 0 bridgehead atoms. The first-order valence-electron chi connectivity index (χ1n) is 7.70. The fraction of sp³-hybridized carbons (Fsp3) is 0.588. The number of carbonyl (C=O) groups is 1. The minimum atomic E-state index is -0.562. The van der Waals surface area contributed by atoms with Gasteiger partial charge in [0, 0.05) is 17.0 Å². The maximum atomic E-state index is 12.5. The van der Waals surface area contributed by atoms with Crippen molar-refractivity contribution >= 4 is 5.78 Å². The summed E-state index contributed by atoms with van der Waals surface area (Å²) in [5.74, 6) is 0.0743.